The number of aromatic nitrogens is 1. The minimum Gasteiger partial charge on any atom is -0.497 e. The van der Waals surface area contributed by atoms with E-state index >= 15 is 0 Å². The number of carboxylic acid groups (broad SMARTS) is 2. The van der Waals surface area contributed by atoms with Crippen molar-refractivity contribution in [3.05, 3.63) is 59.9 Å². The van der Waals surface area contributed by atoms with E-state index < -0.39 is 11.9 Å². The van der Waals surface area contributed by atoms with Crippen molar-refractivity contribution >= 4 is 17.8 Å². The number of piperazine rings is 1. The summed E-state index contributed by atoms with van der Waals surface area (Å²) < 4.78 is 5.27. The highest BCUT2D eigenvalue weighted by Crippen LogP contribution is 2.16. The first-order valence-corrected chi connectivity index (χ1v) is 8.91. The first-order valence-electron chi connectivity index (χ1n) is 8.91. The predicted molar refractivity (Wildman–Crippen MR) is 104 cm³/mol. The van der Waals surface area contributed by atoms with Gasteiger partial charge < -0.3 is 19.8 Å². The SMILES string of the molecule is COc1cccc(CN2CCN(C(=O)c3ccncc3)CC2)c1.O=C(O)C(=O)O. The van der Waals surface area contributed by atoms with Crippen molar-refractivity contribution in [3.8, 4) is 5.75 Å². The average Bonchev–Trinajstić information content (AvgIpc) is 2.75. The van der Waals surface area contributed by atoms with Crippen LogP contribution in [0.25, 0.3) is 0 Å². The average molecular weight is 401 g/mol. The number of aliphatic carboxylic acids is 2. The summed E-state index contributed by atoms with van der Waals surface area (Å²) in [5, 5.41) is 14.8. The van der Waals surface area contributed by atoms with Crippen molar-refractivity contribution < 1.29 is 29.3 Å². The Balaban J connectivity index is 0.000000438. The van der Waals surface area contributed by atoms with Crippen LogP contribution in [0.3, 0.4) is 0 Å². The van der Waals surface area contributed by atoms with E-state index in [1.807, 2.05) is 17.0 Å². The predicted octanol–water partition coefficient (Wildman–Crippen LogP) is 1.20. The number of nitrogens with zero attached hydrogens (tertiary/aromatic N) is 3. The summed E-state index contributed by atoms with van der Waals surface area (Å²) in [5.74, 6) is -2.67. The van der Waals surface area contributed by atoms with E-state index in [0.29, 0.717) is 5.56 Å². The number of carboxylic acids is 2. The summed E-state index contributed by atoms with van der Waals surface area (Å²) in [6.45, 7) is 4.16. The molecule has 29 heavy (non-hydrogen) atoms. The molecule has 1 saturated heterocycles. The summed E-state index contributed by atoms with van der Waals surface area (Å²) in [7, 11) is 1.68. The van der Waals surface area contributed by atoms with Crippen LogP contribution in [-0.4, -0.2) is 76.1 Å². The molecule has 1 aromatic carbocycles. The van der Waals surface area contributed by atoms with Gasteiger partial charge in [-0.15, -0.1) is 0 Å². The summed E-state index contributed by atoms with van der Waals surface area (Å²) in [5.41, 5.74) is 1.94. The maximum atomic E-state index is 12.4. The van der Waals surface area contributed by atoms with Crippen molar-refractivity contribution in [2.75, 3.05) is 33.3 Å². The van der Waals surface area contributed by atoms with Gasteiger partial charge in [0.15, 0.2) is 0 Å². The Hall–Kier alpha value is -3.46. The third-order valence-electron chi connectivity index (χ3n) is 4.31. The molecule has 0 atom stereocenters. The third kappa shape index (κ3) is 6.89. The van der Waals surface area contributed by atoms with Crippen LogP contribution in [-0.2, 0) is 16.1 Å². The second-order valence-electron chi connectivity index (χ2n) is 6.27. The number of amides is 1. The van der Waals surface area contributed by atoms with Crippen molar-refractivity contribution in [2.24, 2.45) is 0 Å². The lowest BCUT2D eigenvalue weighted by molar-refractivity contribution is -0.159. The molecule has 0 unspecified atom stereocenters. The molecule has 9 heteroatoms. The fraction of sp³-hybridized carbons (Fsp3) is 0.300. The van der Waals surface area contributed by atoms with Gasteiger partial charge in [0.2, 0.25) is 0 Å². The quantitative estimate of drug-likeness (QED) is 0.734. The molecule has 1 aromatic heterocycles. The highest BCUT2D eigenvalue weighted by Gasteiger charge is 2.22. The third-order valence-corrected chi connectivity index (χ3v) is 4.31. The highest BCUT2D eigenvalue weighted by molar-refractivity contribution is 6.27. The van der Waals surface area contributed by atoms with E-state index in [1.54, 1.807) is 31.6 Å². The number of hydrogen-bond donors (Lipinski definition) is 2. The normalized spacial score (nSPS) is 13.8. The standard InChI is InChI=1S/C18H21N3O2.C2H2O4/c1-23-17-4-2-3-15(13-17)14-20-9-11-21(12-10-20)18(22)16-5-7-19-8-6-16;3-1(4)2(5)6/h2-8,13H,9-12,14H2,1H3;(H,3,4)(H,5,6). The van der Waals surface area contributed by atoms with Gasteiger partial charge in [0, 0.05) is 50.7 Å². The monoisotopic (exact) mass is 401 g/mol. The zero-order chi connectivity index (χ0) is 21.2. The molecule has 1 amide bonds. The lowest BCUT2D eigenvalue weighted by atomic mass is 10.1. The fourth-order valence-corrected chi connectivity index (χ4v) is 2.82. The van der Waals surface area contributed by atoms with E-state index in [0.717, 1.165) is 38.5 Å². The van der Waals surface area contributed by atoms with E-state index in [1.165, 1.54) is 5.56 Å². The number of carbonyl (C=O) groups excluding carboxylic acids is 1. The molecule has 154 valence electrons. The topological polar surface area (TPSA) is 120 Å². The Morgan fingerprint density at radius 3 is 2.17 bits per heavy atom. The molecule has 9 nitrogen and oxygen atoms in total. The lowest BCUT2D eigenvalue weighted by Crippen LogP contribution is -2.48. The molecular formula is C20H23N3O6. The van der Waals surface area contributed by atoms with Crippen molar-refractivity contribution in [2.45, 2.75) is 6.54 Å². The number of ether oxygens (including phenoxy) is 1. The minimum atomic E-state index is -1.82. The van der Waals surface area contributed by atoms with Crippen molar-refractivity contribution in [1.29, 1.82) is 0 Å². The van der Waals surface area contributed by atoms with Crippen LogP contribution in [0.1, 0.15) is 15.9 Å². The Morgan fingerprint density at radius 2 is 1.62 bits per heavy atom. The van der Waals surface area contributed by atoms with Crippen LogP contribution in [0.15, 0.2) is 48.8 Å². The van der Waals surface area contributed by atoms with Gasteiger partial charge in [0.1, 0.15) is 5.75 Å². The van der Waals surface area contributed by atoms with E-state index in [2.05, 4.69) is 22.0 Å². The van der Waals surface area contributed by atoms with Gasteiger partial charge in [-0.2, -0.15) is 0 Å². The fourth-order valence-electron chi connectivity index (χ4n) is 2.82. The molecule has 0 radical (unpaired) electrons. The minimum absolute atomic E-state index is 0.0911. The molecule has 0 spiro atoms. The second-order valence-corrected chi connectivity index (χ2v) is 6.27. The smallest absolute Gasteiger partial charge is 0.414 e. The number of rotatable bonds is 4. The Morgan fingerprint density at radius 1 is 1.00 bits per heavy atom. The molecule has 2 N–H and O–H groups in total. The molecule has 0 aliphatic carbocycles. The molecule has 0 saturated carbocycles. The van der Waals surface area contributed by atoms with E-state index in [9.17, 15) is 4.79 Å². The summed E-state index contributed by atoms with van der Waals surface area (Å²) in [6, 6.07) is 11.7. The largest absolute Gasteiger partial charge is 0.497 e. The Kier molecular flexibility index (Phi) is 8.11. The van der Waals surface area contributed by atoms with Crippen LogP contribution in [0.2, 0.25) is 0 Å². The molecule has 1 aliphatic heterocycles. The van der Waals surface area contributed by atoms with Crippen LogP contribution >= 0.6 is 0 Å². The molecule has 2 heterocycles. The molecule has 3 rings (SSSR count). The second kappa shape index (κ2) is 10.8. The van der Waals surface area contributed by atoms with Gasteiger partial charge in [-0.3, -0.25) is 14.7 Å². The van der Waals surface area contributed by atoms with Gasteiger partial charge in [-0.1, -0.05) is 12.1 Å². The van der Waals surface area contributed by atoms with E-state index in [-0.39, 0.29) is 5.91 Å². The molecule has 2 aromatic rings. The zero-order valence-electron chi connectivity index (χ0n) is 16.0. The summed E-state index contributed by atoms with van der Waals surface area (Å²) in [6.07, 6.45) is 3.32. The summed E-state index contributed by atoms with van der Waals surface area (Å²) in [4.78, 5) is 38.8. The van der Waals surface area contributed by atoms with Crippen molar-refractivity contribution in [1.82, 2.24) is 14.8 Å². The first-order chi connectivity index (χ1) is 13.9. The number of benzene rings is 1. The maximum absolute atomic E-state index is 12.4. The number of pyridine rings is 1. The highest BCUT2D eigenvalue weighted by atomic mass is 16.5. The van der Waals surface area contributed by atoms with E-state index in [4.69, 9.17) is 24.5 Å². The van der Waals surface area contributed by atoms with Crippen molar-refractivity contribution in [3.63, 3.8) is 0 Å². The van der Waals surface area contributed by atoms with Crippen LogP contribution in [0, 0.1) is 0 Å². The van der Waals surface area contributed by atoms with Crippen LogP contribution in [0.4, 0.5) is 0 Å². The Labute approximate surface area is 168 Å². The van der Waals surface area contributed by atoms with Crippen LogP contribution in [0.5, 0.6) is 5.75 Å². The van der Waals surface area contributed by atoms with Gasteiger partial charge in [-0.05, 0) is 29.8 Å². The molecule has 1 aliphatic rings. The van der Waals surface area contributed by atoms with Gasteiger partial charge in [-0.25, -0.2) is 9.59 Å². The Bertz CT molecular complexity index is 823. The number of hydrogen-bond acceptors (Lipinski definition) is 6. The van der Waals surface area contributed by atoms with Gasteiger partial charge in [0.05, 0.1) is 7.11 Å². The molecular weight excluding hydrogens is 378 g/mol. The molecule has 0 bridgehead atoms. The zero-order valence-corrected chi connectivity index (χ0v) is 16.0. The maximum Gasteiger partial charge on any atom is 0.414 e. The lowest BCUT2D eigenvalue weighted by Gasteiger charge is -2.34. The summed E-state index contributed by atoms with van der Waals surface area (Å²) >= 11 is 0. The number of methoxy groups -OCH3 is 1. The van der Waals surface area contributed by atoms with Gasteiger partial charge >= 0.3 is 11.9 Å². The first kappa shape index (κ1) is 21.8. The number of carbonyl (C=O) groups is 3. The van der Waals surface area contributed by atoms with Gasteiger partial charge in [0.25, 0.3) is 5.91 Å². The molecule has 1 fully saturated rings. The van der Waals surface area contributed by atoms with Crippen LogP contribution < -0.4 is 4.74 Å².